The summed E-state index contributed by atoms with van der Waals surface area (Å²) in [5.41, 5.74) is 2.43. The molecular weight excluding hydrogens is 316 g/mol. The Labute approximate surface area is 146 Å². The van der Waals surface area contributed by atoms with E-state index in [2.05, 4.69) is 30.2 Å². The smallest absolute Gasteiger partial charge is 0.238 e. The number of hydrogen-bond donors (Lipinski definition) is 3. The van der Waals surface area contributed by atoms with E-state index in [9.17, 15) is 5.11 Å². The van der Waals surface area contributed by atoms with Crippen LogP contribution in [0.2, 0.25) is 0 Å². The molecule has 7 nitrogen and oxygen atoms in total. The Morgan fingerprint density at radius 3 is 3.04 bits per heavy atom. The minimum absolute atomic E-state index is 0.0151. The average Bonchev–Trinajstić information content (AvgIpc) is 3.20. The fraction of sp³-hybridized carbons (Fsp3) is 0.389. The summed E-state index contributed by atoms with van der Waals surface area (Å²) in [5.74, 6) is 1.27. The van der Waals surface area contributed by atoms with Crippen molar-refractivity contribution in [3.05, 3.63) is 29.6 Å². The number of rotatable bonds is 5. The van der Waals surface area contributed by atoms with Crippen LogP contribution >= 0.6 is 0 Å². The van der Waals surface area contributed by atoms with Gasteiger partial charge in [0.25, 0.3) is 0 Å². The lowest BCUT2D eigenvalue weighted by Crippen LogP contribution is -2.33. The average molecular weight is 338 g/mol. The number of likely N-dealkylation sites (tertiary alicyclic amines) is 1. The maximum absolute atomic E-state index is 10.1. The third-order valence-electron chi connectivity index (χ3n) is 4.60. The largest absolute Gasteiger partial charge is 0.492 e. The number of allylic oxidation sites excluding steroid dienone is 1. The van der Waals surface area contributed by atoms with E-state index < -0.39 is 0 Å². The number of fused-ring (bicyclic) bond motifs is 1. The molecule has 1 fully saturated rings. The van der Waals surface area contributed by atoms with Crippen LogP contribution in [0.1, 0.15) is 30.5 Å². The van der Waals surface area contributed by atoms with Crippen molar-refractivity contribution in [3.63, 3.8) is 0 Å². The molecule has 2 aliphatic heterocycles. The van der Waals surface area contributed by atoms with E-state index in [1.807, 2.05) is 18.2 Å². The lowest BCUT2D eigenvalue weighted by atomic mass is 10.1. The molecule has 130 valence electrons. The molecule has 0 bridgehead atoms. The Balaban J connectivity index is 1.41. The number of aliphatic imine (C=N–C) groups is 1. The first kappa shape index (κ1) is 15.8. The van der Waals surface area contributed by atoms with Crippen molar-refractivity contribution in [2.45, 2.75) is 19.3 Å². The number of aromatic hydroxyl groups is 1. The number of hydrogen-bond acceptors (Lipinski definition) is 6. The Bertz CT molecular complexity index is 804. The first-order valence-electron chi connectivity index (χ1n) is 8.76. The van der Waals surface area contributed by atoms with Gasteiger partial charge in [-0.1, -0.05) is 6.42 Å². The fourth-order valence-electron chi connectivity index (χ4n) is 3.27. The molecule has 25 heavy (non-hydrogen) atoms. The molecule has 0 spiro atoms. The van der Waals surface area contributed by atoms with E-state index in [1.54, 1.807) is 12.4 Å². The Morgan fingerprint density at radius 1 is 1.28 bits per heavy atom. The molecule has 0 aliphatic carbocycles. The molecule has 1 saturated heterocycles. The number of piperidine rings is 1. The van der Waals surface area contributed by atoms with Crippen molar-refractivity contribution in [1.82, 2.24) is 19.9 Å². The van der Waals surface area contributed by atoms with Gasteiger partial charge in [0.1, 0.15) is 5.69 Å². The van der Waals surface area contributed by atoms with Crippen LogP contribution < -0.4 is 5.32 Å². The SMILES string of the molecule is Oc1nc(NCCN2CCCCC2)[nH]c1/C=C1\C=Nc2ncccc21. The van der Waals surface area contributed by atoms with Crippen LogP contribution in [0.4, 0.5) is 11.8 Å². The second kappa shape index (κ2) is 7.06. The van der Waals surface area contributed by atoms with Gasteiger partial charge in [-0.25, -0.2) is 9.98 Å². The van der Waals surface area contributed by atoms with Gasteiger partial charge in [0.15, 0.2) is 5.82 Å². The topological polar surface area (TPSA) is 89.4 Å². The summed E-state index contributed by atoms with van der Waals surface area (Å²) in [5, 5.41) is 13.3. The second-order valence-electron chi connectivity index (χ2n) is 6.38. The maximum Gasteiger partial charge on any atom is 0.238 e. The van der Waals surface area contributed by atoms with Crippen molar-refractivity contribution in [3.8, 4) is 5.88 Å². The summed E-state index contributed by atoms with van der Waals surface area (Å²) >= 11 is 0. The van der Waals surface area contributed by atoms with E-state index in [0.717, 1.165) is 24.2 Å². The number of pyridine rings is 1. The molecule has 2 aromatic rings. The minimum Gasteiger partial charge on any atom is -0.492 e. The van der Waals surface area contributed by atoms with E-state index in [4.69, 9.17) is 0 Å². The van der Waals surface area contributed by atoms with Crippen LogP contribution in [0.15, 0.2) is 23.3 Å². The summed E-state index contributed by atoms with van der Waals surface area (Å²) in [6, 6.07) is 3.84. The highest BCUT2D eigenvalue weighted by Crippen LogP contribution is 2.31. The van der Waals surface area contributed by atoms with E-state index >= 15 is 0 Å². The molecule has 2 aliphatic rings. The van der Waals surface area contributed by atoms with E-state index in [1.165, 1.54) is 32.4 Å². The van der Waals surface area contributed by atoms with Gasteiger partial charge >= 0.3 is 0 Å². The maximum atomic E-state index is 10.1. The minimum atomic E-state index is -0.0151. The first-order valence-corrected chi connectivity index (χ1v) is 8.76. The Kier molecular flexibility index (Phi) is 4.47. The van der Waals surface area contributed by atoms with Crippen LogP contribution in [0.5, 0.6) is 5.88 Å². The molecule has 4 heterocycles. The molecular formula is C18H22N6O. The number of imidazole rings is 1. The van der Waals surface area contributed by atoms with Crippen LogP contribution in [0.3, 0.4) is 0 Å². The third kappa shape index (κ3) is 3.56. The lowest BCUT2D eigenvalue weighted by molar-refractivity contribution is 0.237. The van der Waals surface area contributed by atoms with E-state index in [0.29, 0.717) is 17.5 Å². The normalized spacial score (nSPS) is 18.6. The van der Waals surface area contributed by atoms with Gasteiger partial charge in [-0.2, -0.15) is 4.98 Å². The van der Waals surface area contributed by atoms with Crippen molar-refractivity contribution in [2.75, 3.05) is 31.5 Å². The van der Waals surface area contributed by atoms with Crippen molar-refractivity contribution in [2.24, 2.45) is 4.99 Å². The quantitative estimate of drug-likeness (QED) is 0.780. The van der Waals surface area contributed by atoms with Gasteiger partial charge in [0.05, 0.1) is 0 Å². The van der Waals surface area contributed by atoms with Gasteiger partial charge in [0.2, 0.25) is 11.8 Å². The number of aromatic nitrogens is 3. The predicted molar refractivity (Wildman–Crippen MR) is 99.3 cm³/mol. The summed E-state index contributed by atoms with van der Waals surface area (Å²) in [6.07, 6.45) is 9.23. The van der Waals surface area contributed by atoms with Crippen molar-refractivity contribution < 1.29 is 5.11 Å². The first-order chi connectivity index (χ1) is 12.3. The Morgan fingerprint density at radius 2 is 2.16 bits per heavy atom. The molecule has 0 atom stereocenters. The van der Waals surface area contributed by atoms with Crippen LogP contribution in [-0.2, 0) is 0 Å². The third-order valence-corrected chi connectivity index (χ3v) is 4.60. The predicted octanol–water partition coefficient (Wildman–Crippen LogP) is 2.66. The number of H-pyrrole nitrogens is 1. The second-order valence-corrected chi connectivity index (χ2v) is 6.38. The van der Waals surface area contributed by atoms with Gasteiger partial charge in [-0.15, -0.1) is 0 Å². The van der Waals surface area contributed by atoms with Crippen molar-refractivity contribution in [1.29, 1.82) is 0 Å². The van der Waals surface area contributed by atoms with Gasteiger partial charge in [-0.05, 0) is 44.1 Å². The molecule has 0 radical (unpaired) electrons. The zero-order valence-corrected chi connectivity index (χ0v) is 14.1. The van der Waals surface area contributed by atoms with Gasteiger partial charge in [0, 0.05) is 36.6 Å². The molecule has 0 saturated carbocycles. The zero-order chi connectivity index (χ0) is 17.1. The monoisotopic (exact) mass is 338 g/mol. The Hall–Kier alpha value is -2.67. The summed E-state index contributed by atoms with van der Waals surface area (Å²) < 4.78 is 0. The fourth-order valence-corrected chi connectivity index (χ4v) is 3.27. The summed E-state index contributed by atoms with van der Waals surface area (Å²) in [7, 11) is 0. The molecule has 0 amide bonds. The van der Waals surface area contributed by atoms with Crippen molar-refractivity contribution >= 4 is 29.6 Å². The zero-order valence-electron chi connectivity index (χ0n) is 14.1. The standard InChI is InChI=1S/C18H22N6O/c25-17-15(11-13-12-21-16-14(13)5-4-6-19-16)22-18(23-17)20-7-10-24-8-2-1-3-9-24/h4-6,11-12,25H,1-3,7-10H2,(H2,20,22,23)/b13-11+. The number of anilines is 1. The molecule has 0 aromatic carbocycles. The summed E-state index contributed by atoms with van der Waals surface area (Å²) in [6.45, 7) is 4.14. The van der Waals surface area contributed by atoms with Crippen LogP contribution in [0.25, 0.3) is 11.6 Å². The van der Waals surface area contributed by atoms with Gasteiger partial charge < -0.3 is 20.3 Å². The van der Waals surface area contributed by atoms with Gasteiger partial charge in [-0.3, -0.25) is 0 Å². The molecule has 2 aromatic heterocycles. The van der Waals surface area contributed by atoms with Crippen LogP contribution in [0, 0.1) is 0 Å². The molecule has 7 heteroatoms. The van der Waals surface area contributed by atoms with Crippen LogP contribution in [-0.4, -0.2) is 57.4 Å². The number of nitrogens with one attached hydrogen (secondary N) is 2. The highest BCUT2D eigenvalue weighted by molar-refractivity contribution is 6.20. The molecule has 0 unspecified atom stereocenters. The summed E-state index contributed by atoms with van der Waals surface area (Å²) in [4.78, 5) is 18.2. The molecule has 3 N–H and O–H groups in total. The highest BCUT2D eigenvalue weighted by atomic mass is 16.3. The molecule has 4 rings (SSSR count). The number of nitrogens with zero attached hydrogens (tertiary/aromatic N) is 4. The number of aromatic amines is 1. The highest BCUT2D eigenvalue weighted by Gasteiger charge is 2.15. The van der Waals surface area contributed by atoms with E-state index in [-0.39, 0.29) is 5.88 Å². The lowest BCUT2D eigenvalue weighted by Gasteiger charge is -2.26.